The maximum absolute atomic E-state index is 11.9. The lowest BCUT2D eigenvalue weighted by molar-refractivity contribution is -0.359. The van der Waals surface area contributed by atoms with Gasteiger partial charge in [-0.2, -0.15) is 0 Å². The standard InChI is InChI=1S/C21H37NO15/c1-6-18(16(31)13(28)8(3-23)33-6)36-20-11(22-7(2)26)14(29)19(10(5-25)35-20)37-21-17(32)15(30)12(27)9(4-24)34-21/h6,8-21,23-25,27-32H,3-5H2,1-2H3,(H,22,26)/t6-,8?,9?,10+,11+,12+,13-,14?,15+,16+,17?,18+,19-,20+,21+/m1/s1. The van der Waals surface area contributed by atoms with Crippen molar-refractivity contribution in [3.05, 3.63) is 0 Å². The van der Waals surface area contributed by atoms with Crippen molar-refractivity contribution < 1.29 is 74.4 Å². The second-order valence-electron chi connectivity index (χ2n) is 9.38. The zero-order chi connectivity index (χ0) is 27.6. The molecular formula is C21H37NO15. The highest BCUT2D eigenvalue weighted by Crippen LogP contribution is 2.32. The van der Waals surface area contributed by atoms with Gasteiger partial charge in [0.05, 0.1) is 25.9 Å². The van der Waals surface area contributed by atoms with Crippen LogP contribution in [0.2, 0.25) is 0 Å². The number of carbonyl (C=O) groups is 1. The summed E-state index contributed by atoms with van der Waals surface area (Å²) in [5.74, 6) is -0.621. The minimum Gasteiger partial charge on any atom is -0.394 e. The molecule has 4 unspecified atom stereocenters. The van der Waals surface area contributed by atoms with Crippen molar-refractivity contribution in [2.24, 2.45) is 0 Å². The Hall–Kier alpha value is -1.09. The fourth-order valence-corrected chi connectivity index (χ4v) is 4.70. The van der Waals surface area contributed by atoms with Crippen molar-refractivity contribution in [2.45, 2.75) is 106 Å². The predicted octanol–water partition coefficient (Wildman–Crippen LogP) is -6.36. The van der Waals surface area contributed by atoms with E-state index in [-0.39, 0.29) is 0 Å². The third-order valence-corrected chi connectivity index (χ3v) is 6.75. The Balaban J connectivity index is 1.81. The highest BCUT2D eigenvalue weighted by atomic mass is 16.7. The monoisotopic (exact) mass is 543 g/mol. The lowest BCUT2D eigenvalue weighted by Gasteiger charge is -2.49. The van der Waals surface area contributed by atoms with Crippen LogP contribution in [-0.2, 0) is 28.5 Å². The van der Waals surface area contributed by atoms with Crippen LogP contribution in [-0.4, -0.2) is 164 Å². The highest BCUT2D eigenvalue weighted by Gasteiger charge is 2.53. The predicted molar refractivity (Wildman–Crippen MR) is 116 cm³/mol. The van der Waals surface area contributed by atoms with Gasteiger partial charge < -0.3 is 75.0 Å². The van der Waals surface area contributed by atoms with Crippen LogP contribution in [0.15, 0.2) is 0 Å². The van der Waals surface area contributed by atoms with Gasteiger partial charge in [-0.15, -0.1) is 0 Å². The van der Waals surface area contributed by atoms with Crippen molar-refractivity contribution in [2.75, 3.05) is 19.8 Å². The maximum Gasteiger partial charge on any atom is 0.217 e. The molecule has 10 N–H and O–H groups in total. The summed E-state index contributed by atoms with van der Waals surface area (Å²) < 4.78 is 27.9. The van der Waals surface area contributed by atoms with Crippen molar-refractivity contribution in [1.82, 2.24) is 5.32 Å². The van der Waals surface area contributed by atoms with E-state index in [1.165, 1.54) is 6.92 Å². The Kier molecular flexibility index (Phi) is 10.6. The summed E-state index contributed by atoms with van der Waals surface area (Å²) in [5, 5.41) is 93.3. The lowest BCUT2D eigenvalue weighted by atomic mass is 9.93. The van der Waals surface area contributed by atoms with Gasteiger partial charge in [0.15, 0.2) is 12.6 Å². The average Bonchev–Trinajstić information content (AvgIpc) is 2.86. The summed E-state index contributed by atoms with van der Waals surface area (Å²) in [6, 6.07) is -1.37. The first-order valence-corrected chi connectivity index (χ1v) is 11.9. The van der Waals surface area contributed by atoms with E-state index in [0.29, 0.717) is 0 Å². The van der Waals surface area contributed by atoms with Gasteiger partial charge in [0.25, 0.3) is 0 Å². The SMILES string of the molecule is CC(=O)N[C@H]1C(O)[C@H](O[C@@H]2OC(CO)[C@H](O)[C@H](O)C2O)[C@H](CO)O[C@H]1O[C@@H]1[C@@H](O)[C@H](O)C(CO)O[C@@H]1C. The molecule has 16 heteroatoms. The molecule has 15 atom stereocenters. The van der Waals surface area contributed by atoms with Crippen LogP contribution >= 0.6 is 0 Å². The van der Waals surface area contributed by atoms with E-state index in [2.05, 4.69) is 5.32 Å². The zero-order valence-corrected chi connectivity index (χ0v) is 20.3. The quantitative estimate of drug-likeness (QED) is 0.137. The van der Waals surface area contributed by atoms with Gasteiger partial charge in [0.1, 0.15) is 73.2 Å². The van der Waals surface area contributed by atoms with Crippen LogP contribution in [0.25, 0.3) is 0 Å². The van der Waals surface area contributed by atoms with Crippen LogP contribution in [0.4, 0.5) is 0 Å². The number of carbonyl (C=O) groups excluding carboxylic acids is 1. The van der Waals surface area contributed by atoms with Crippen molar-refractivity contribution in [3.8, 4) is 0 Å². The summed E-state index contributed by atoms with van der Waals surface area (Å²) in [6.45, 7) is 0.595. The molecule has 3 saturated heterocycles. The fraction of sp³-hybridized carbons (Fsp3) is 0.952. The van der Waals surface area contributed by atoms with E-state index in [0.717, 1.165) is 6.92 Å². The first-order valence-electron chi connectivity index (χ1n) is 11.9. The Labute approximate surface area is 211 Å². The van der Waals surface area contributed by atoms with E-state index in [1.54, 1.807) is 0 Å². The van der Waals surface area contributed by atoms with E-state index < -0.39 is 118 Å². The molecule has 0 saturated carbocycles. The van der Waals surface area contributed by atoms with Gasteiger partial charge in [-0.1, -0.05) is 0 Å². The van der Waals surface area contributed by atoms with Gasteiger partial charge in [0.2, 0.25) is 5.91 Å². The van der Waals surface area contributed by atoms with Crippen LogP contribution in [0.1, 0.15) is 13.8 Å². The Morgan fingerprint density at radius 3 is 1.76 bits per heavy atom. The summed E-state index contributed by atoms with van der Waals surface area (Å²) in [6.07, 6.45) is -20.5. The third-order valence-electron chi connectivity index (χ3n) is 6.75. The zero-order valence-electron chi connectivity index (χ0n) is 20.3. The van der Waals surface area contributed by atoms with E-state index in [9.17, 15) is 50.8 Å². The molecule has 16 nitrogen and oxygen atoms in total. The summed E-state index contributed by atoms with van der Waals surface area (Å²) >= 11 is 0. The third kappa shape index (κ3) is 6.39. The van der Waals surface area contributed by atoms with Crippen LogP contribution in [0, 0.1) is 0 Å². The molecule has 0 radical (unpaired) electrons. The maximum atomic E-state index is 11.9. The molecule has 37 heavy (non-hydrogen) atoms. The van der Waals surface area contributed by atoms with Crippen LogP contribution in [0.5, 0.6) is 0 Å². The molecular weight excluding hydrogens is 506 g/mol. The Morgan fingerprint density at radius 1 is 0.676 bits per heavy atom. The number of hydrogen-bond donors (Lipinski definition) is 10. The molecule has 0 aromatic carbocycles. The Bertz CT molecular complexity index is 745. The smallest absolute Gasteiger partial charge is 0.217 e. The van der Waals surface area contributed by atoms with Crippen LogP contribution < -0.4 is 5.32 Å². The summed E-state index contributed by atoms with van der Waals surface area (Å²) in [7, 11) is 0. The van der Waals surface area contributed by atoms with E-state index in [1.807, 2.05) is 0 Å². The number of rotatable bonds is 8. The van der Waals surface area contributed by atoms with Gasteiger partial charge in [-0.25, -0.2) is 0 Å². The minimum absolute atomic E-state index is 0.563. The first kappa shape index (κ1) is 30.5. The minimum atomic E-state index is -1.81. The average molecular weight is 544 g/mol. The highest BCUT2D eigenvalue weighted by molar-refractivity contribution is 5.73. The molecule has 3 fully saturated rings. The number of nitrogens with one attached hydrogen (secondary N) is 1. The number of aliphatic hydroxyl groups excluding tert-OH is 9. The van der Waals surface area contributed by atoms with Gasteiger partial charge >= 0.3 is 0 Å². The van der Waals surface area contributed by atoms with Gasteiger partial charge in [-0.3, -0.25) is 4.79 Å². The van der Waals surface area contributed by atoms with Crippen molar-refractivity contribution in [3.63, 3.8) is 0 Å². The normalized spacial score (nSPS) is 49.0. The van der Waals surface area contributed by atoms with Gasteiger partial charge in [-0.05, 0) is 6.92 Å². The molecule has 3 aliphatic heterocycles. The molecule has 0 bridgehead atoms. The topological polar surface area (TPSA) is 257 Å². The number of hydrogen-bond acceptors (Lipinski definition) is 15. The largest absolute Gasteiger partial charge is 0.394 e. The molecule has 216 valence electrons. The second-order valence-corrected chi connectivity index (χ2v) is 9.38. The molecule has 3 aliphatic rings. The summed E-state index contributed by atoms with van der Waals surface area (Å²) in [5.41, 5.74) is 0. The molecule has 0 aromatic rings. The lowest BCUT2D eigenvalue weighted by Crippen LogP contribution is -2.69. The second kappa shape index (κ2) is 12.8. The molecule has 0 aromatic heterocycles. The fourth-order valence-electron chi connectivity index (χ4n) is 4.70. The summed E-state index contributed by atoms with van der Waals surface area (Å²) in [4.78, 5) is 11.9. The molecule has 3 heterocycles. The molecule has 1 amide bonds. The number of aliphatic hydroxyl groups is 9. The van der Waals surface area contributed by atoms with Crippen molar-refractivity contribution in [1.29, 1.82) is 0 Å². The van der Waals surface area contributed by atoms with Gasteiger partial charge in [0, 0.05) is 6.92 Å². The Morgan fingerprint density at radius 2 is 1.19 bits per heavy atom. The first-order chi connectivity index (χ1) is 17.4. The number of ether oxygens (including phenoxy) is 5. The number of amides is 1. The van der Waals surface area contributed by atoms with Crippen LogP contribution in [0.3, 0.4) is 0 Å². The van der Waals surface area contributed by atoms with E-state index in [4.69, 9.17) is 23.7 Å². The van der Waals surface area contributed by atoms with Crippen molar-refractivity contribution >= 4 is 5.91 Å². The molecule has 0 spiro atoms. The molecule has 3 rings (SSSR count). The van der Waals surface area contributed by atoms with E-state index >= 15 is 0 Å². The molecule has 0 aliphatic carbocycles.